The molecule has 1 N–H and O–H groups in total. The smallest absolute Gasteiger partial charge is 0.262 e. The molecule has 10 heteroatoms. The molecule has 0 atom stereocenters. The molecule has 2 aromatic heterocycles. The maximum Gasteiger partial charge on any atom is 0.262 e. The van der Waals surface area contributed by atoms with Crippen LogP contribution in [0.1, 0.15) is 11.3 Å². The van der Waals surface area contributed by atoms with Crippen LogP contribution < -0.4 is 20.3 Å². The second-order valence-electron chi connectivity index (χ2n) is 7.36. The second kappa shape index (κ2) is 8.84. The molecule has 1 amide bonds. The van der Waals surface area contributed by atoms with Crippen LogP contribution in [0.15, 0.2) is 63.1 Å². The minimum Gasteiger partial charge on any atom is -0.467 e. The number of hydrogen-bond donors (Lipinski definition) is 1. The number of thioether (sulfide) groups is 1. The average Bonchev–Trinajstić information content (AvgIpc) is 3.47. The molecule has 4 aromatic rings. The molecule has 168 valence electrons. The first-order valence-corrected chi connectivity index (χ1v) is 11.4. The van der Waals surface area contributed by atoms with Crippen LogP contribution in [0.2, 0.25) is 5.02 Å². The highest BCUT2D eigenvalue weighted by Gasteiger charge is 2.20. The fraction of sp³-hybridized carbons (Fsp3) is 0.174. The number of ether oxygens (including phenoxy) is 2. The molecule has 0 bridgehead atoms. The first-order valence-electron chi connectivity index (χ1n) is 10.0. The predicted molar refractivity (Wildman–Crippen MR) is 125 cm³/mol. The Labute approximate surface area is 197 Å². The van der Waals surface area contributed by atoms with E-state index >= 15 is 0 Å². The number of fused-ring (bicyclic) bond motifs is 2. The molecule has 0 radical (unpaired) electrons. The van der Waals surface area contributed by atoms with E-state index < -0.39 is 0 Å². The van der Waals surface area contributed by atoms with Gasteiger partial charge in [-0.25, -0.2) is 4.98 Å². The molecule has 1 aliphatic rings. The van der Waals surface area contributed by atoms with Gasteiger partial charge in [0.15, 0.2) is 16.7 Å². The van der Waals surface area contributed by atoms with Crippen molar-refractivity contribution in [3.8, 4) is 11.5 Å². The molecule has 8 nitrogen and oxygen atoms in total. The third-order valence-corrected chi connectivity index (χ3v) is 6.42. The van der Waals surface area contributed by atoms with Gasteiger partial charge in [0, 0.05) is 6.07 Å². The summed E-state index contributed by atoms with van der Waals surface area (Å²) in [6.45, 7) is 2.14. The molecule has 0 fully saturated rings. The molecule has 0 saturated heterocycles. The third-order valence-electron chi connectivity index (χ3n) is 5.13. The van der Waals surface area contributed by atoms with E-state index in [9.17, 15) is 9.59 Å². The van der Waals surface area contributed by atoms with Gasteiger partial charge in [-0.2, -0.15) is 0 Å². The number of aryl methyl sites for hydroxylation is 1. The van der Waals surface area contributed by atoms with Crippen molar-refractivity contribution >= 4 is 45.9 Å². The Morgan fingerprint density at radius 2 is 2.03 bits per heavy atom. The third kappa shape index (κ3) is 4.29. The van der Waals surface area contributed by atoms with Gasteiger partial charge in [-0.1, -0.05) is 35.5 Å². The van der Waals surface area contributed by atoms with Gasteiger partial charge in [0.05, 0.1) is 40.2 Å². The molecule has 1 aliphatic heterocycles. The summed E-state index contributed by atoms with van der Waals surface area (Å²) >= 11 is 7.37. The Kier molecular flexibility index (Phi) is 5.74. The molecular weight excluding hydrogens is 466 g/mol. The second-order valence-corrected chi connectivity index (χ2v) is 8.71. The number of carbonyl (C=O) groups is 1. The number of hydrogen-bond acceptors (Lipinski definition) is 7. The number of benzene rings is 2. The van der Waals surface area contributed by atoms with Crippen molar-refractivity contribution in [1.82, 2.24) is 9.55 Å². The lowest BCUT2D eigenvalue weighted by Crippen LogP contribution is -2.24. The monoisotopic (exact) mass is 483 g/mol. The fourth-order valence-electron chi connectivity index (χ4n) is 3.49. The molecular formula is C23H18ClN3O5S. The molecule has 0 unspecified atom stereocenters. The van der Waals surface area contributed by atoms with Crippen LogP contribution >= 0.6 is 23.4 Å². The van der Waals surface area contributed by atoms with Gasteiger partial charge < -0.3 is 19.2 Å². The molecule has 2 aromatic carbocycles. The van der Waals surface area contributed by atoms with Crippen LogP contribution in [0.5, 0.6) is 11.5 Å². The number of furan rings is 1. The zero-order chi connectivity index (χ0) is 22.9. The van der Waals surface area contributed by atoms with Gasteiger partial charge in [0.1, 0.15) is 5.76 Å². The van der Waals surface area contributed by atoms with Crippen LogP contribution in [-0.2, 0) is 11.3 Å². The van der Waals surface area contributed by atoms with Gasteiger partial charge in [0.25, 0.3) is 5.56 Å². The van der Waals surface area contributed by atoms with Crippen molar-refractivity contribution < 1.29 is 18.7 Å². The minimum absolute atomic E-state index is 0.0331. The Balaban J connectivity index is 1.47. The lowest BCUT2D eigenvalue weighted by atomic mass is 10.2. The van der Waals surface area contributed by atoms with E-state index in [4.69, 9.17) is 25.5 Å². The SMILES string of the molecule is Cc1cccc(Cl)c1NC(=O)CSc1nc2cc3c(cc2c(=O)n1Cc1ccco1)OCO3. The zero-order valence-electron chi connectivity index (χ0n) is 17.5. The van der Waals surface area contributed by atoms with E-state index in [-0.39, 0.29) is 30.6 Å². The summed E-state index contributed by atoms with van der Waals surface area (Å²) in [5.41, 5.74) is 1.62. The number of para-hydroxylation sites is 1. The van der Waals surface area contributed by atoms with Gasteiger partial charge >= 0.3 is 0 Å². The summed E-state index contributed by atoms with van der Waals surface area (Å²) in [5.74, 6) is 1.39. The van der Waals surface area contributed by atoms with Crippen LogP contribution in [-0.4, -0.2) is 28.0 Å². The molecule has 3 heterocycles. The van der Waals surface area contributed by atoms with Crippen molar-refractivity contribution in [3.63, 3.8) is 0 Å². The fourth-order valence-corrected chi connectivity index (χ4v) is 4.56. The van der Waals surface area contributed by atoms with Crippen molar-refractivity contribution in [2.75, 3.05) is 17.9 Å². The summed E-state index contributed by atoms with van der Waals surface area (Å²) in [6.07, 6.45) is 1.54. The summed E-state index contributed by atoms with van der Waals surface area (Å²) in [6, 6.07) is 12.2. The first-order chi connectivity index (χ1) is 16.0. The molecule has 33 heavy (non-hydrogen) atoms. The number of anilines is 1. The number of nitrogens with zero attached hydrogens (tertiary/aromatic N) is 2. The molecule has 0 spiro atoms. The number of nitrogens with one attached hydrogen (secondary N) is 1. The van der Waals surface area contributed by atoms with Crippen molar-refractivity contribution in [3.05, 3.63) is 75.4 Å². The number of amides is 1. The average molecular weight is 484 g/mol. The Morgan fingerprint density at radius 3 is 2.79 bits per heavy atom. The number of aromatic nitrogens is 2. The van der Waals surface area contributed by atoms with Gasteiger partial charge in [0.2, 0.25) is 12.7 Å². The van der Waals surface area contributed by atoms with Crippen molar-refractivity contribution in [2.24, 2.45) is 0 Å². The van der Waals surface area contributed by atoms with Gasteiger partial charge in [-0.3, -0.25) is 14.2 Å². The maximum absolute atomic E-state index is 13.4. The minimum atomic E-state index is -0.264. The normalized spacial score (nSPS) is 12.3. The Bertz CT molecular complexity index is 1400. The maximum atomic E-state index is 13.4. The number of halogens is 1. The highest BCUT2D eigenvalue weighted by Crippen LogP contribution is 2.35. The predicted octanol–water partition coefficient (Wildman–Crippen LogP) is 4.46. The van der Waals surface area contributed by atoms with Crippen molar-refractivity contribution in [2.45, 2.75) is 18.6 Å². The molecule has 0 saturated carbocycles. The van der Waals surface area contributed by atoms with E-state index in [0.717, 1.165) is 17.3 Å². The van der Waals surface area contributed by atoms with E-state index in [1.807, 2.05) is 19.1 Å². The molecule has 0 aliphatic carbocycles. The van der Waals surface area contributed by atoms with E-state index in [1.54, 1.807) is 36.6 Å². The Hall–Kier alpha value is -3.43. The lowest BCUT2D eigenvalue weighted by molar-refractivity contribution is -0.113. The van der Waals surface area contributed by atoms with E-state index in [2.05, 4.69) is 10.3 Å². The topological polar surface area (TPSA) is 95.6 Å². The van der Waals surface area contributed by atoms with Gasteiger partial charge in [-0.05, 0) is 36.8 Å². The summed E-state index contributed by atoms with van der Waals surface area (Å²) in [7, 11) is 0. The van der Waals surface area contributed by atoms with Crippen LogP contribution in [0.4, 0.5) is 5.69 Å². The summed E-state index contributed by atoms with van der Waals surface area (Å²) < 4.78 is 17.7. The van der Waals surface area contributed by atoms with Crippen LogP contribution in [0.25, 0.3) is 10.9 Å². The van der Waals surface area contributed by atoms with E-state index in [1.165, 1.54) is 4.57 Å². The number of rotatable bonds is 6. The quantitative estimate of drug-likeness (QED) is 0.319. The van der Waals surface area contributed by atoms with Crippen LogP contribution in [0, 0.1) is 6.92 Å². The highest BCUT2D eigenvalue weighted by atomic mass is 35.5. The summed E-state index contributed by atoms with van der Waals surface area (Å²) in [4.78, 5) is 30.7. The number of carbonyl (C=O) groups excluding carboxylic acids is 1. The standard InChI is InChI=1S/C23H18ClN3O5S/c1-13-4-2-6-16(24)21(13)26-20(28)11-33-23-25-17-9-19-18(31-12-32-19)8-15(17)22(29)27(23)10-14-5-3-7-30-14/h2-9H,10-12H2,1H3,(H,26,28). The highest BCUT2D eigenvalue weighted by molar-refractivity contribution is 7.99. The largest absolute Gasteiger partial charge is 0.467 e. The lowest BCUT2D eigenvalue weighted by Gasteiger charge is -2.13. The zero-order valence-corrected chi connectivity index (χ0v) is 19.0. The molecule has 5 rings (SSSR count). The Morgan fingerprint density at radius 1 is 1.21 bits per heavy atom. The van der Waals surface area contributed by atoms with Gasteiger partial charge in [-0.15, -0.1) is 0 Å². The van der Waals surface area contributed by atoms with Crippen LogP contribution in [0.3, 0.4) is 0 Å². The van der Waals surface area contributed by atoms with E-state index in [0.29, 0.717) is 44.0 Å². The van der Waals surface area contributed by atoms with Crippen molar-refractivity contribution in [1.29, 1.82) is 0 Å². The first kappa shape index (κ1) is 21.4. The summed E-state index contributed by atoms with van der Waals surface area (Å²) in [5, 5.41) is 4.08.